The fourth-order valence-corrected chi connectivity index (χ4v) is 5.05. The molecule has 1 aliphatic heterocycles. The van der Waals surface area contributed by atoms with Gasteiger partial charge in [0.25, 0.3) is 0 Å². The highest BCUT2D eigenvalue weighted by atomic mass is 32.2. The van der Waals surface area contributed by atoms with Gasteiger partial charge in [-0.3, -0.25) is 9.36 Å². The number of nitrogens with one attached hydrogen (secondary N) is 2. The van der Waals surface area contributed by atoms with Crippen molar-refractivity contribution in [2.24, 2.45) is 0 Å². The largest absolute Gasteiger partial charge is 0.325 e. The van der Waals surface area contributed by atoms with Crippen LogP contribution in [0.2, 0.25) is 0 Å². The molecule has 0 saturated carbocycles. The van der Waals surface area contributed by atoms with Gasteiger partial charge in [0.1, 0.15) is 6.33 Å². The molecule has 7 nitrogen and oxygen atoms in total. The Balaban J connectivity index is 1.58. The molecule has 4 rings (SSSR count). The van der Waals surface area contributed by atoms with E-state index in [0.717, 1.165) is 23.0 Å². The molecule has 146 valence electrons. The third-order valence-corrected chi connectivity index (χ3v) is 7.40. The zero-order valence-electron chi connectivity index (χ0n) is 15.6. The molecular formula is C20H22N4O3S. The number of piperidine rings is 1. The molecule has 0 atom stereocenters. The molecule has 0 bridgehead atoms. The summed E-state index contributed by atoms with van der Waals surface area (Å²) in [5, 5.41) is 5.91. The van der Waals surface area contributed by atoms with Crippen molar-refractivity contribution in [3.05, 3.63) is 54.9 Å². The number of imidazole rings is 1. The van der Waals surface area contributed by atoms with Crippen molar-refractivity contribution in [3.8, 4) is 5.69 Å². The van der Waals surface area contributed by atoms with Gasteiger partial charge in [0.05, 0.1) is 11.0 Å². The van der Waals surface area contributed by atoms with Crippen molar-refractivity contribution in [3.63, 3.8) is 0 Å². The highest BCUT2D eigenvalue weighted by Crippen LogP contribution is 2.29. The maximum atomic E-state index is 12.9. The average molecular weight is 398 g/mol. The Morgan fingerprint density at radius 3 is 2.46 bits per heavy atom. The minimum Gasteiger partial charge on any atom is -0.325 e. The first-order valence-electron chi connectivity index (χ1n) is 9.15. The number of carbonyl (C=O) groups is 1. The number of nitrogens with zero attached hydrogens (tertiary/aromatic N) is 2. The van der Waals surface area contributed by atoms with E-state index in [1.165, 1.54) is 0 Å². The van der Waals surface area contributed by atoms with Crippen molar-refractivity contribution in [2.75, 3.05) is 24.7 Å². The summed E-state index contributed by atoms with van der Waals surface area (Å²) in [7, 11) is -3.54. The second kappa shape index (κ2) is 7.03. The Morgan fingerprint density at radius 2 is 1.79 bits per heavy atom. The Hall–Kier alpha value is -2.71. The van der Waals surface area contributed by atoms with Crippen LogP contribution in [0.3, 0.4) is 0 Å². The Labute approximate surface area is 163 Å². The van der Waals surface area contributed by atoms with Crippen LogP contribution in [0.25, 0.3) is 16.7 Å². The van der Waals surface area contributed by atoms with Crippen LogP contribution < -0.4 is 10.6 Å². The van der Waals surface area contributed by atoms with E-state index < -0.39 is 20.5 Å². The molecule has 8 heteroatoms. The van der Waals surface area contributed by atoms with Gasteiger partial charge in [0.15, 0.2) is 14.6 Å². The number of aromatic nitrogens is 2. The normalized spacial score (nSPS) is 16.8. The molecule has 1 amide bonds. The summed E-state index contributed by atoms with van der Waals surface area (Å²) in [6.07, 6.45) is 3.45. The SMILES string of the molecule is CS(=O)(=O)C1(C(=O)Nc2ccc(-n3cnc4ccccc43)cc2)CCNCC1. The van der Waals surface area contributed by atoms with E-state index in [1.54, 1.807) is 18.5 Å². The van der Waals surface area contributed by atoms with E-state index in [0.29, 0.717) is 18.8 Å². The Morgan fingerprint density at radius 1 is 1.11 bits per heavy atom. The van der Waals surface area contributed by atoms with Crippen LogP contribution in [0.15, 0.2) is 54.9 Å². The van der Waals surface area contributed by atoms with E-state index in [9.17, 15) is 13.2 Å². The zero-order valence-corrected chi connectivity index (χ0v) is 16.4. The quantitative estimate of drug-likeness (QED) is 0.702. The summed E-state index contributed by atoms with van der Waals surface area (Å²) in [4.78, 5) is 17.3. The highest BCUT2D eigenvalue weighted by molar-refractivity contribution is 7.92. The molecule has 1 fully saturated rings. The third-order valence-electron chi connectivity index (χ3n) is 5.39. The topological polar surface area (TPSA) is 93.1 Å². The predicted octanol–water partition coefficient (Wildman–Crippen LogP) is 2.13. The molecule has 0 unspecified atom stereocenters. The van der Waals surface area contributed by atoms with E-state index in [2.05, 4.69) is 15.6 Å². The molecule has 2 aromatic carbocycles. The predicted molar refractivity (Wildman–Crippen MR) is 109 cm³/mol. The van der Waals surface area contributed by atoms with Gasteiger partial charge in [-0.25, -0.2) is 13.4 Å². The zero-order chi connectivity index (χ0) is 19.8. The molecule has 2 N–H and O–H groups in total. The van der Waals surface area contributed by atoms with Crippen molar-refractivity contribution in [2.45, 2.75) is 17.6 Å². The van der Waals surface area contributed by atoms with E-state index in [1.807, 2.05) is 41.0 Å². The summed E-state index contributed by atoms with van der Waals surface area (Å²) in [5.41, 5.74) is 3.37. The average Bonchev–Trinajstić information content (AvgIpc) is 3.12. The Kier molecular flexibility index (Phi) is 4.68. The second-order valence-electron chi connectivity index (χ2n) is 7.12. The smallest absolute Gasteiger partial charge is 0.245 e. The van der Waals surface area contributed by atoms with Crippen molar-refractivity contribution < 1.29 is 13.2 Å². The first kappa shape index (κ1) is 18.6. The molecular weight excluding hydrogens is 376 g/mol. The molecule has 0 radical (unpaired) electrons. The summed E-state index contributed by atoms with van der Waals surface area (Å²) in [6, 6.07) is 15.1. The molecule has 2 heterocycles. The number of fused-ring (bicyclic) bond motifs is 1. The van der Waals surface area contributed by atoms with Gasteiger partial charge in [-0.1, -0.05) is 12.1 Å². The minimum absolute atomic E-state index is 0.275. The lowest BCUT2D eigenvalue weighted by atomic mass is 9.95. The van der Waals surface area contributed by atoms with Crippen LogP contribution in [0, 0.1) is 0 Å². The number of hydrogen-bond acceptors (Lipinski definition) is 5. The number of carbonyl (C=O) groups excluding carboxylic acids is 1. The molecule has 1 aromatic heterocycles. The number of anilines is 1. The van der Waals surface area contributed by atoms with Gasteiger partial charge in [-0.15, -0.1) is 0 Å². The number of hydrogen-bond donors (Lipinski definition) is 2. The standard InChI is InChI=1S/C20H22N4O3S/c1-28(26,27)20(10-12-21-13-11-20)19(25)23-15-6-8-16(9-7-15)24-14-22-17-4-2-3-5-18(17)24/h2-9,14,21H,10-13H2,1H3,(H,23,25). The van der Waals surface area contributed by atoms with E-state index in [4.69, 9.17) is 0 Å². The first-order valence-corrected chi connectivity index (χ1v) is 11.0. The molecule has 0 aliphatic carbocycles. The van der Waals surface area contributed by atoms with Crippen LogP contribution in [0.1, 0.15) is 12.8 Å². The lowest BCUT2D eigenvalue weighted by molar-refractivity contribution is -0.119. The van der Waals surface area contributed by atoms with Crippen molar-refractivity contribution in [1.29, 1.82) is 0 Å². The van der Waals surface area contributed by atoms with Crippen LogP contribution in [-0.2, 0) is 14.6 Å². The van der Waals surface area contributed by atoms with E-state index >= 15 is 0 Å². The lowest BCUT2D eigenvalue weighted by Gasteiger charge is -2.34. The number of benzene rings is 2. The number of sulfone groups is 1. The minimum atomic E-state index is -3.54. The maximum Gasteiger partial charge on any atom is 0.245 e. The monoisotopic (exact) mass is 398 g/mol. The molecule has 0 spiro atoms. The van der Waals surface area contributed by atoms with E-state index in [-0.39, 0.29) is 12.8 Å². The summed E-state index contributed by atoms with van der Waals surface area (Å²) < 4.78 is 25.3. The molecule has 28 heavy (non-hydrogen) atoms. The van der Waals surface area contributed by atoms with Crippen LogP contribution in [-0.4, -0.2) is 48.0 Å². The summed E-state index contributed by atoms with van der Waals surface area (Å²) in [5.74, 6) is -0.461. The number of para-hydroxylation sites is 2. The first-order chi connectivity index (χ1) is 13.4. The maximum absolute atomic E-state index is 12.9. The van der Waals surface area contributed by atoms with Gasteiger partial charge in [-0.2, -0.15) is 0 Å². The Bertz CT molecular complexity index is 1110. The third kappa shape index (κ3) is 3.18. The molecule has 1 aliphatic rings. The summed E-state index contributed by atoms with van der Waals surface area (Å²) >= 11 is 0. The van der Waals surface area contributed by atoms with Crippen LogP contribution >= 0.6 is 0 Å². The molecule has 1 saturated heterocycles. The second-order valence-corrected chi connectivity index (χ2v) is 9.45. The van der Waals surface area contributed by atoms with Gasteiger partial charge in [-0.05, 0) is 62.3 Å². The van der Waals surface area contributed by atoms with Crippen LogP contribution in [0.4, 0.5) is 5.69 Å². The van der Waals surface area contributed by atoms with Gasteiger partial charge in [0, 0.05) is 17.6 Å². The van der Waals surface area contributed by atoms with Crippen molar-refractivity contribution in [1.82, 2.24) is 14.9 Å². The van der Waals surface area contributed by atoms with Gasteiger partial charge < -0.3 is 10.6 Å². The number of rotatable bonds is 4. The van der Waals surface area contributed by atoms with Gasteiger partial charge in [0.2, 0.25) is 5.91 Å². The molecule has 3 aromatic rings. The van der Waals surface area contributed by atoms with Crippen molar-refractivity contribution >= 4 is 32.5 Å². The number of amides is 1. The lowest BCUT2D eigenvalue weighted by Crippen LogP contribution is -2.55. The van der Waals surface area contributed by atoms with Gasteiger partial charge >= 0.3 is 0 Å². The fourth-order valence-electron chi connectivity index (χ4n) is 3.71. The van der Waals surface area contributed by atoms with Crippen LogP contribution in [0.5, 0.6) is 0 Å². The summed E-state index contributed by atoms with van der Waals surface area (Å²) in [6.45, 7) is 1.01. The highest BCUT2D eigenvalue weighted by Gasteiger charge is 2.48. The fraction of sp³-hybridized carbons (Fsp3) is 0.300.